The van der Waals surface area contributed by atoms with Crippen LogP contribution in [0.3, 0.4) is 0 Å². The summed E-state index contributed by atoms with van der Waals surface area (Å²) in [5.74, 6) is -0.673. The number of hydrogen-bond acceptors (Lipinski definition) is 4. The molecule has 0 rings (SSSR count). The quantitative estimate of drug-likeness (QED) is 0.485. The molecule has 7 heteroatoms. The zero-order chi connectivity index (χ0) is 12.6. The van der Waals surface area contributed by atoms with Crippen LogP contribution < -0.4 is 0 Å². The molecule has 0 aliphatic carbocycles. The van der Waals surface area contributed by atoms with Crippen molar-refractivity contribution in [2.45, 2.75) is 20.3 Å². The summed E-state index contributed by atoms with van der Waals surface area (Å²) in [5, 5.41) is 0. The summed E-state index contributed by atoms with van der Waals surface area (Å²) in [5.41, 5.74) is 0. The smallest absolute Gasteiger partial charge is 0.321 e. The Hall–Kier alpha value is -0.330. The van der Waals surface area contributed by atoms with Gasteiger partial charge in [-0.25, -0.2) is 8.42 Å². The molecule has 0 fully saturated rings. The summed E-state index contributed by atoms with van der Waals surface area (Å²) in [6, 6.07) is 0. The lowest BCUT2D eigenvalue weighted by Crippen LogP contribution is -2.38. The first-order chi connectivity index (χ1) is 7.47. The molecule has 0 radical (unpaired) electrons. The SMILES string of the molecule is CCCN(CC(=O)OCC)S(=O)(=O)CCCl. The van der Waals surface area contributed by atoms with E-state index < -0.39 is 16.0 Å². The lowest BCUT2D eigenvalue weighted by molar-refractivity contribution is -0.143. The van der Waals surface area contributed by atoms with Gasteiger partial charge in [0, 0.05) is 12.4 Å². The van der Waals surface area contributed by atoms with Crippen LogP contribution in [0.25, 0.3) is 0 Å². The number of carbonyl (C=O) groups excluding carboxylic acids is 1. The van der Waals surface area contributed by atoms with Crippen molar-refractivity contribution < 1.29 is 17.9 Å². The van der Waals surface area contributed by atoms with Gasteiger partial charge in [0.1, 0.15) is 6.54 Å². The fraction of sp³-hybridized carbons (Fsp3) is 0.889. The fourth-order valence-corrected chi connectivity index (χ4v) is 2.94. The van der Waals surface area contributed by atoms with Crippen molar-refractivity contribution >= 4 is 27.6 Å². The van der Waals surface area contributed by atoms with Gasteiger partial charge in [-0.2, -0.15) is 4.31 Å². The number of hydrogen-bond donors (Lipinski definition) is 0. The first-order valence-corrected chi connectivity index (χ1v) is 7.31. The Bertz CT molecular complexity index is 305. The molecule has 0 amide bonds. The summed E-state index contributed by atoms with van der Waals surface area (Å²) in [6.07, 6.45) is 0.640. The molecule has 0 aliphatic rings. The number of carbonyl (C=O) groups is 1. The van der Waals surface area contributed by atoms with Gasteiger partial charge in [-0.05, 0) is 13.3 Å². The van der Waals surface area contributed by atoms with Crippen molar-refractivity contribution in [1.82, 2.24) is 4.31 Å². The minimum absolute atomic E-state index is 0.0192. The number of esters is 1. The van der Waals surface area contributed by atoms with Gasteiger partial charge in [0.25, 0.3) is 0 Å². The summed E-state index contributed by atoms with van der Waals surface area (Å²) in [7, 11) is -3.45. The van der Waals surface area contributed by atoms with Crippen LogP contribution in [0.4, 0.5) is 0 Å². The zero-order valence-electron chi connectivity index (χ0n) is 9.61. The highest BCUT2D eigenvalue weighted by Gasteiger charge is 2.23. The number of rotatable bonds is 8. The normalized spacial score (nSPS) is 11.8. The maximum absolute atomic E-state index is 11.7. The largest absolute Gasteiger partial charge is 0.465 e. The monoisotopic (exact) mass is 271 g/mol. The minimum atomic E-state index is -3.45. The van der Waals surface area contributed by atoms with E-state index in [1.807, 2.05) is 6.92 Å². The third-order valence-electron chi connectivity index (χ3n) is 1.81. The molecule has 0 aromatic heterocycles. The van der Waals surface area contributed by atoms with Crippen molar-refractivity contribution in [2.24, 2.45) is 0 Å². The predicted molar refractivity (Wildman–Crippen MR) is 63.0 cm³/mol. The third kappa shape index (κ3) is 5.67. The molecule has 0 bridgehead atoms. The number of halogens is 1. The van der Waals surface area contributed by atoms with Gasteiger partial charge < -0.3 is 4.74 Å². The van der Waals surface area contributed by atoms with E-state index in [1.165, 1.54) is 0 Å². The molecule has 0 spiro atoms. The molecule has 96 valence electrons. The average Bonchev–Trinajstić information content (AvgIpc) is 2.17. The van der Waals surface area contributed by atoms with Crippen LogP contribution >= 0.6 is 11.6 Å². The van der Waals surface area contributed by atoms with Crippen molar-refractivity contribution in [3.63, 3.8) is 0 Å². The van der Waals surface area contributed by atoms with Gasteiger partial charge in [0.2, 0.25) is 10.0 Å². The molecule has 0 unspecified atom stereocenters. The Kier molecular flexibility index (Phi) is 7.70. The number of sulfonamides is 1. The molecule has 0 aromatic rings. The lowest BCUT2D eigenvalue weighted by atomic mass is 10.5. The molecule has 0 aromatic carbocycles. The standard InChI is InChI=1S/C9H18ClNO4S/c1-3-6-11(8-9(12)15-4-2)16(13,14)7-5-10/h3-8H2,1-2H3. The van der Waals surface area contributed by atoms with E-state index in [0.29, 0.717) is 13.0 Å². The topological polar surface area (TPSA) is 63.7 Å². The molecular formula is C9H18ClNO4S. The summed E-state index contributed by atoms with van der Waals surface area (Å²) >= 11 is 5.41. The van der Waals surface area contributed by atoms with Gasteiger partial charge in [-0.1, -0.05) is 6.92 Å². The van der Waals surface area contributed by atoms with E-state index >= 15 is 0 Å². The molecule has 16 heavy (non-hydrogen) atoms. The van der Waals surface area contributed by atoms with Crippen LogP contribution in [0.1, 0.15) is 20.3 Å². The van der Waals surface area contributed by atoms with Crippen molar-refractivity contribution in [2.75, 3.05) is 31.3 Å². The van der Waals surface area contributed by atoms with Crippen molar-refractivity contribution in [1.29, 1.82) is 0 Å². The van der Waals surface area contributed by atoms with Crippen molar-refractivity contribution in [3.8, 4) is 0 Å². The van der Waals surface area contributed by atoms with E-state index in [9.17, 15) is 13.2 Å². The molecule has 0 N–H and O–H groups in total. The maximum atomic E-state index is 11.7. The lowest BCUT2D eigenvalue weighted by Gasteiger charge is -2.19. The van der Waals surface area contributed by atoms with E-state index in [4.69, 9.17) is 16.3 Å². The second-order valence-corrected chi connectivity index (χ2v) is 5.61. The van der Waals surface area contributed by atoms with Crippen LogP contribution in [-0.2, 0) is 19.6 Å². The van der Waals surface area contributed by atoms with Gasteiger partial charge in [-0.15, -0.1) is 11.6 Å². The number of alkyl halides is 1. The molecule has 0 atom stereocenters. The second kappa shape index (κ2) is 7.86. The summed E-state index contributed by atoms with van der Waals surface area (Å²) < 4.78 is 29.2. The molecule has 0 heterocycles. The maximum Gasteiger partial charge on any atom is 0.321 e. The van der Waals surface area contributed by atoms with Crippen LogP contribution in [0, 0.1) is 0 Å². The van der Waals surface area contributed by atoms with Crippen LogP contribution in [0.15, 0.2) is 0 Å². The van der Waals surface area contributed by atoms with E-state index in [2.05, 4.69) is 0 Å². The third-order valence-corrected chi connectivity index (χ3v) is 4.04. The van der Waals surface area contributed by atoms with Gasteiger partial charge in [-0.3, -0.25) is 4.79 Å². The van der Waals surface area contributed by atoms with Crippen molar-refractivity contribution in [3.05, 3.63) is 0 Å². The van der Waals surface area contributed by atoms with E-state index in [0.717, 1.165) is 4.31 Å². The Labute approximate surface area is 102 Å². The van der Waals surface area contributed by atoms with Gasteiger partial charge in [0.15, 0.2) is 0 Å². The Balaban J connectivity index is 4.54. The minimum Gasteiger partial charge on any atom is -0.465 e. The first kappa shape index (κ1) is 15.7. The molecule has 0 aliphatic heterocycles. The van der Waals surface area contributed by atoms with Crippen LogP contribution in [-0.4, -0.2) is 50.0 Å². The zero-order valence-corrected chi connectivity index (χ0v) is 11.2. The van der Waals surface area contributed by atoms with Crippen LogP contribution in [0.5, 0.6) is 0 Å². The van der Waals surface area contributed by atoms with Gasteiger partial charge >= 0.3 is 5.97 Å². The Morgan fingerprint density at radius 3 is 2.44 bits per heavy atom. The Morgan fingerprint density at radius 1 is 1.38 bits per heavy atom. The average molecular weight is 272 g/mol. The first-order valence-electron chi connectivity index (χ1n) is 5.17. The Morgan fingerprint density at radius 2 is 2.00 bits per heavy atom. The van der Waals surface area contributed by atoms with E-state index in [-0.39, 0.29) is 24.8 Å². The highest BCUT2D eigenvalue weighted by molar-refractivity contribution is 7.89. The highest BCUT2D eigenvalue weighted by Crippen LogP contribution is 2.04. The molecule has 5 nitrogen and oxygen atoms in total. The molecular weight excluding hydrogens is 254 g/mol. The summed E-state index contributed by atoms with van der Waals surface area (Å²) in [4.78, 5) is 11.2. The van der Waals surface area contributed by atoms with E-state index in [1.54, 1.807) is 6.92 Å². The second-order valence-electron chi connectivity index (χ2n) is 3.14. The highest BCUT2D eigenvalue weighted by atomic mass is 35.5. The van der Waals surface area contributed by atoms with Gasteiger partial charge in [0.05, 0.1) is 12.4 Å². The van der Waals surface area contributed by atoms with Crippen LogP contribution in [0.2, 0.25) is 0 Å². The predicted octanol–water partition coefficient (Wildman–Crippen LogP) is 0.830. The molecule has 0 saturated carbocycles. The number of nitrogens with zero attached hydrogens (tertiary/aromatic N) is 1. The fourth-order valence-electron chi connectivity index (χ4n) is 1.14. The molecule has 0 saturated heterocycles. The number of ether oxygens (including phenoxy) is 1. The summed E-state index contributed by atoms with van der Waals surface area (Å²) in [6.45, 7) is 3.83.